The lowest BCUT2D eigenvalue weighted by Gasteiger charge is -2.37. The molecular formula is C17H28O3Si. The van der Waals surface area contributed by atoms with Gasteiger partial charge in [0.05, 0.1) is 7.11 Å². The molecule has 118 valence electrons. The molecule has 0 aliphatic carbocycles. The lowest BCUT2D eigenvalue weighted by molar-refractivity contribution is 0.135. The molecule has 1 heterocycles. The molecule has 0 spiro atoms. The molecule has 1 aromatic carbocycles. The first-order valence-corrected chi connectivity index (χ1v) is 10.5. The summed E-state index contributed by atoms with van der Waals surface area (Å²) in [5.41, 5.74) is 0.918. The summed E-state index contributed by atoms with van der Waals surface area (Å²) < 4.78 is 18.1. The Morgan fingerprint density at radius 3 is 2.24 bits per heavy atom. The number of benzene rings is 1. The van der Waals surface area contributed by atoms with Gasteiger partial charge in [-0.15, -0.1) is 0 Å². The molecule has 0 aromatic heterocycles. The fraction of sp³-hybridized carbons (Fsp3) is 0.647. The number of hydrogen-bond donors (Lipinski definition) is 0. The van der Waals surface area contributed by atoms with E-state index >= 15 is 0 Å². The van der Waals surface area contributed by atoms with E-state index in [0.717, 1.165) is 29.2 Å². The summed E-state index contributed by atoms with van der Waals surface area (Å²) >= 11 is 0. The average molecular weight is 308 g/mol. The minimum absolute atomic E-state index is 0.161. The van der Waals surface area contributed by atoms with E-state index in [-0.39, 0.29) is 10.6 Å². The van der Waals surface area contributed by atoms with Gasteiger partial charge in [-0.25, -0.2) is 0 Å². The largest absolute Gasteiger partial charge is 0.541 e. The minimum atomic E-state index is -1.88. The van der Waals surface area contributed by atoms with E-state index in [2.05, 4.69) is 47.7 Å². The molecule has 0 bridgehead atoms. The molecule has 2 rings (SSSR count). The molecule has 0 N–H and O–H groups in total. The van der Waals surface area contributed by atoms with Crippen molar-refractivity contribution in [1.29, 1.82) is 0 Å². The predicted octanol–water partition coefficient (Wildman–Crippen LogP) is 4.79. The molecule has 1 aliphatic heterocycles. The molecule has 0 saturated heterocycles. The predicted molar refractivity (Wildman–Crippen MR) is 89.2 cm³/mol. The summed E-state index contributed by atoms with van der Waals surface area (Å²) in [6.45, 7) is 15.4. The van der Waals surface area contributed by atoms with Crippen LogP contribution in [-0.4, -0.2) is 21.0 Å². The van der Waals surface area contributed by atoms with Gasteiger partial charge in [0.2, 0.25) is 0 Å². The van der Waals surface area contributed by atoms with E-state index in [1.54, 1.807) is 7.11 Å². The van der Waals surface area contributed by atoms with Crippen LogP contribution >= 0.6 is 0 Å². The Morgan fingerprint density at radius 1 is 1.14 bits per heavy atom. The Morgan fingerprint density at radius 2 is 1.71 bits per heavy atom. The number of ether oxygens (including phenoxy) is 2. The minimum Gasteiger partial charge on any atom is -0.541 e. The van der Waals surface area contributed by atoms with Crippen LogP contribution < -0.4 is 13.9 Å². The zero-order valence-corrected chi connectivity index (χ0v) is 15.6. The Bertz CT molecular complexity index is 542. The second kappa shape index (κ2) is 4.94. The van der Waals surface area contributed by atoms with Crippen molar-refractivity contribution in [1.82, 2.24) is 0 Å². The van der Waals surface area contributed by atoms with Crippen LogP contribution in [0.1, 0.15) is 40.2 Å². The molecule has 3 nitrogen and oxygen atoms in total. The highest BCUT2D eigenvalue weighted by Crippen LogP contribution is 2.48. The van der Waals surface area contributed by atoms with E-state index in [1.165, 1.54) is 0 Å². The molecule has 4 heteroatoms. The second-order valence-electron chi connectivity index (χ2n) is 7.97. The molecule has 0 amide bonds. The maximum absolute atomic E-state index is 6.46. The number of rotatable bonds is 3. The highest BCUT2D eigenvalue weighted by Gasteiger charge is 2.41. The van der Waals surface area contributed by atoms with Gasteiger partial charge in [0.15, 0.2) is 5.75 Å². The Labute approximate surface area is 129 Å². The molecule has 21 heavy (non-hydrogen) atoms. The van der Waals surface area contributed by atoms with E-state index in [9.17, 15) is 0 Å². The summed E-state index contributed by atoms with van der Waals surface area (Å²) in [7, 11) is -0.180. The van der Waals surface area contributed by atoms with Crippen LogP contribution in [0.25, 0.3) is 0 Å². The van der Waals surface area contributed by atoms with E-state index in [1.807, 2.05) is 12.1 Å². The maximum Gasteiger partial charge on any atom is 0.250 e. The van der Waals surface area contributed by atoms with Crippen molar-refractivity contribution in [3.63, 3.8) is 0 Å². The van der Waals surface area contributed by atoms with Crippen LogP contribution in [0.15, 0.2) is 12.1 Å². The first kappa shape index (κ1) is 16.2. The van der Waals surface area contributed by atoms with E-state index in [0.29, 0.717) is 0 Å². The van der Waals surface area contributed by atoms with Gasteiger partial charge >= 0.3 is 0 Å². The third-order valence-corrected chi connectivity index (χ3v) is 8.90. The van der Waals surface area contributed by atoms with Crippen molar-refractivity contribution in [2.24, 2.45) is 0 Å². The van der Waals surface area contributed by atoms with Gasteiger partial charge in [-0.3, -0.25) is 0 Å². The van der Waals surface area contributed by atoms with Crippen LogP contribution in [-0.2, 0) is 6.42 Å². The van der Waals surface area contributed by atoms with Gasteiger partial charge in [0, 0.05) is 12.0 Å². The van der Waals surface area contributed by atoms with Crippen LogP contribution in [0.2, 0.25) is 18.1 Å². The van der Waals surface area contributed by atoms with E-state index in [4.69, 9.17) is 13.9 Å². The standard InChI is InChI=1S/C17H28O3Si/c1-16(2,3)21(7,8)20-14-10-9-13(18-6)12-11-17(4,5)19-15(12)14/h9-10H,11H2,1-8H3. The average Bonchev–Trinajstić information content (AvgIpc) is 2.63. The summed E-state index contributed by atoms with van der Waals surface area (Å²) in [5.74, 6) is 2.62. The third-order valence-electron chi connectivity index (χ3n) is 4.55. The van der Waals surface area contributed by atoms with Crippen molar-refractivity contribution >= 4 is 8.32 Å². The summed E-state index contributed by atoms with van der Waals surface area (Å²) in [5, 5.41) is 0.161. The topological polar surface area (TPSA) is 27.7 Å². The number of fused-ring (bicyclic) bond motifs is 1. The van der Waals surface area contributed by atoms with Gasteiger partial charge in [-0.2, -0.15) is 0 Å². The third kappa shape index (κ3) is 3.05. The van der Waals surface area contributed by atoms with Crippen LogP contribution in [0.5, 0.6) is 17.2 Å². The van der Waals surface area contributed by atoms with Crippen LogP contribution in [0, 0.1) is 0 Å². The lowest BCUT2D eigenvalue weighted by Crippen LogP contribution is -2.44. The van der Waals surface area contributed by atoms with Gasteiger partial charge in [0.1, 0.15) is 17.1 Å². The zero-order chi connectivity index (χ0) is 16.1. The van der Waals surface area contributed by atoms with Crippen molar-refractivity contribution in [2.75, 3.05) is 7.11 Å². The molecule has 0 unspecified atom stereocenters. The molecule has 0 atom stereocenters. The highest BCUT2D eigenvalue weighted by molar-refractivity contribution is 6.74. The van der Waals surface area contributed by atoms with E-state index < -0.39 is 8.32 Å². The van der Waals surface area contributed by atoms with Crippen LogP contribution in [0.3, 0.4) is 0 Å². The molecule has 1 aliphatic rings. The molecule has 0 radical (unpaired) electrons. The highest BCUT2D eigenvalue weighted by atomic mass is 28.4. The van der Waals surface area contributed by atoms with Crippen molar-refractivity contribution in [3.05, 3.63) is 17.7 Å². The van der Waals surface area contributed by atoms with Gasteiger partial charge in [0.25, 0.3) is 8.32 Å². The van der Waals surface area contributed by atoms with Crippen molar-refractivity contribution < 1.29 is 13.9 Å². The first-order chi connectivity index (χ1) is 9.47. The Hall–Kier alpha value is -1.16. The zero-order valence-electron chi connectivity index (χ0n) is 14.6. The fourth-order valence-corrected chi connectivity index (χ4v) is 3.32. The summed E-state index contributed by atoms with van der Waals surface area (Å²) in [6.07, 6.45) is 0.847. The SMILES string of the molecule is COc1ccc(O[Si](C)(C)C(C)(C)C)c2c1CC(C)(C)O2. The van der Waals surface area contributed by atoms with Crippen molar-refractivity contribution in [3.8, 4) is 17.2 Å². The van der Waals surface area contributed by atoms with Gasteiger partial charge in [-0.05, 0) is 44.1 Å². The normalized spacial score (nSPS) is 17.1. The maximum atomic E-state index is 6.46. The van der Waals surface area contributed by atoms with Gasteiger partial charge < -0.3 is 13.9 Å². The molecular weight excluding hydrogens is 280 g/mol. The Balaban J connectivity index is 2.43. The van der Waals surface area contributed by atoms with Gasteiger partial charge in [-0.1, -0.05) is 20.8 Å². The van der Waals surface area contributed by atoms with Crippen molar-refractivity contribution in [2.45, 2.75) is 64.8 Å². The summed E-state index contributed by atoms with van der Waals surface area (Å²) in [4.78, 5) is 0. The smallest absolute Gasteiger partial charge is 0.250 e. The lowest BCUT2D eigenvalue weighted by atomic mass is 10.0. The second-order valence-corrected chi connectivity index (χ2v) is 12.7. The number of methoxy groups -OCH3 is 1. The quantitative estimate of drug-likeness (QED) is 0.751. The Kier molecular flexibility index (Phi) is 3.81. The molecule has 1 aromatic rings. The van der Waals surface area contributed by atoms with Crippen LogP contribution in [0.4, 0.5) is 0 Å². The number of hydrogen-bond acceptors (Lipinski definition) is 3. The molecule has 0 fully saturated rings. The molecule has 0 saturated carbocycles. The fourth-order valence-electron chi connectivity index (χ4n) is 2.31. The monoisotopic (exact) mass is 308 g/mol. The summed E-state index contributed by atoms with van der Waals surface area (Å²) in [6, 6.07) is 3.98. The first-order valence-electron chi connectivity index (χ1n) is 7.55.